The fourth-order valence-electron chi connectivity index (χ4n) is 2.32. The van der Waals surface area contributed by atoms with E-state index in [1.807, 2.05) is 0 Å². The van der Waals surface area contributed by atoms with Crippen molar-refractivity contribution in [1.29, 1.82) is 0 Å². The van der Waals surface area contributed by atoms with Crippen molar-refractivity contribution in [3.8, 4) is 0 Å². The van der Waals surface area contributed by atoms with E-state index in [-0.39, 0.29) is 0 Å². The van der Waals surface area contributed by atoms with Gasteiger partial charge in [-0.2, -0.15) is 0 Å². The molecule has 2 rings (SSSR count). The minimum absolute atomic E-state index is 1.03. The van der Waals surface area contributed by atoms with Crippen LogP contribution < -0.4 is 0 Å². The monoisotopic (exact) mass is 224 g/mol. The molecule has 0 radical (unpaired) electrons. The van der Waals surface area contributed by atoms with Crippen LogP contribution in [0.4, 0.5) is 0 Å². The first kappa shape index (κ1) is 11.9. The Labute approximate surface area is 104 Å². The largest absolute Gasteiger partial charge is 0.0617 e. The lowest BCUT2D eigenvalue weighted by Crippen LogP contribution is -1.92. The molecule has 0 aliphatic carbocycles. The van der Waals surface area contributed by atoms with Crippen LogP contribution in [0.25, 0.3) is 0 Å². The van der Waals surface area contributed by atoms with Gasteiger partial charge >= 0.3 is 0 Å². The average Bonchev–Trinajstić information content (AvgIpc) is 2.29. The summed E-state index contributed by atoms with van der Waals surface area (Å²) in [7, 11) is 0. The van der Waals surface area contributed by atoms with Crippen LogP contribution in [0.2, 0.25) is 0 Å². The van der Waals surface area contributed by atoms with E-state index in [2.05, 4.69) is 63.2 Å². The zero-order valence-electron chi connectivity index (χ0n) is 11.0. The van der Waals surface area contributed by atoms with E-state index in [0.29, 0.717) is 0 Å². The van der Waals surface area contributed by atoms with Crippen LogP contribution in [0.15, 0.2) is 42.5 Å². The molecule has 17 heavy (non-hydrogen) atoms. The van der Waals surface area contributed by atoms with E-state index >= 15 is 0 Å². The second-order valence-electron chi connectivity index (χ2n) is 4.78. The maximum atomic E-state index is 2.32. The molecule has 0 heteroatoms. The Morgan fingerprint density at radius 1 is 0.882 bits per heavy atom. The van der Waals surface area contributed by atoms with Gasteiger partial charge in [-0.1, -0.05) is 55.0 Å². The Morgan fingerprint density at radius 3 is 2.29 bits per heavy atom. The molecule has 0 aliphatic heterocycles. The lowest BCUT2D eigenvalue weighted by atomic mass is 9.98. The van der Waals surface area contributed by atoms with Gasteiger partial charge in [0.15, 0.2) is 0 Å². The molecule has 0 heterocycles. The topological polar surface area (TPSA) is 0 Å². The predicted octanol–water partition coefficient (Wildman–Crippen LogP) is 4.46. The summed E-state index contributed by atoms with van der Waals surface area (Å²) in [5.41, 5.74) is 7.01. The van der Waals surface area contributed by atoms with Crippen molar-refractivity contribution in [3.05, 3.63) is 70.3 Å². The SMILES string of the molecule is CCc1ccc(Cc2cccc(C)c2)cc1C. The van der Waals surface area contributed by atoms with Crippen molar-refractivity contribution >= 4 is 0 Å². The second kappa shape index (κ2) is 5.18. The van der Waals surface area contributed by atoms with Gasteiger partial charge in [0, 0.05) is 0 Å². The van der Waals surface area contributed by atoms with Crippen LogP contribution in [-0.2, 0) is 12.8 Å². The van der Waals surface area contributed by atoms with Gasteiger partial charge in [-0.05, 0) is 48.9 Å². The Kier molecular flexibility index (Phi) is 3.63. The normalized spacial score (nSPS) is 10.5. The summed E-state index contributed by atoms with van der Waals surface area (Å²) in [5.74, 6) is 0. The first-order valence-corrected chi connectivity index (χ1v) is 6.33. The molecule has 0 saturated carbocycles. The van der Waals surface area contributed by atoms with Crippen molar-refractivity contribution < 1.29 is 0 Å². The lowest BCUT2D eigenvalue weighted by molar-refractivity contribution is 1.09. The van der Waals surface area contributed by atoms with Crippen LogP contribution in [0, 0.1) is 13.8 Å². The molecule has 0 aromatic heterocycles. The van der Waals surface area contributed by atoms with Crippen molar-refractivity contribution in [2.24, 2.45) is 0 Å². The van der Waals surface area contributed by atoms with Crippen LogP contribution >= 0.6 is 0 Å². The average molecular weight is 224 g/mol. The smallest absolute Gasteiger partial charge is 0.00256 e. The van der Waals surface area contributed by atoms with Gasteiger partial charge < -0.3 is 0 Å². The van der Waals surface area contributed by atoms with Crippen molar-refractivity contribution in [3.63, 3.8) is 0 Å². The highest BCUT2D eigenvalue weighted by molar-refractivity contribution is 5.35. The van der Waals surface area contributed by atoms with Crippen molar-refractivity contribution in [2.45, 2.75) is 33.6 Å². The second-order valence-corrected chi connectivity index (χ2v) is 4.78. The molecule has 0 N–H and O–H groups in total. The third kappa shape index (κ3) is 2.97. The standard InChI is InChI=1S/C17H20/c1-4-17-9-8-16(11-14(17)3)12-15-7-5-6-13(2)10-15/h5-11H,4,12H2,1-3H3. The zero-order valence-corrected chi connectivity index (χ0v) is 11.0. The Bertz CT molecular complexity index is 509. The molecular formula is C17H20. The van der Waals surface area contributed by atoms with E-state index < -0.39 is 0 Å². The first-order chi connectivity index (χ1) is 8.19. The number of hydrogen-bond donors (Lipinski definition) is 0. The quantitative estimate of drug-likeness (QED) is 0.722. The summed E-state index contributed by atoms with van der Waals surface area (Å²) < 4.78 is 0. The Hall–Kier alpha value is -1.56. The number of rotatable bonds is 3. The van der Waals surface area contributed by atoms with Crippen LogP contribution in [0.3, 0.4) is 0 Å². The fraction of sp³-hybridized carbons (Fsp3) is 0.294. The van der Waals surface area contributed by atoms with Crippen molar-refractivity contribution in [2.75, 3.05) is 0 Å². The molecule has 0 atom stereocenters. The van der Waals surface area contributed by atoms with Crippen molar-refractivity contribution in [1.82, 2.24) is 0 Å². The molecule has 0 fully saturated rings. The molecular weight excluding hydrogens is 204 g/mol. The molecule has 0 unspecified atom stereocenters. The van der Waals surface area contributed by atoms with Gasteiger partial charge in [-0.3, -0.25) is 0 Å². The summed E-state index contributed by atoms with van der Waals surface area (Å²) >= 11 is 0. The molecule has 0 amide bonds. The molecule has 2 aromatic carbocycles. The Balaban J connectivity index is 2.22. The molecule has 88 valence electrons. The third-order valence-electron chi connectivity index (χ3n) is 3.28. The van der Waals surface area contributed by atoms with Crippen LogP contribution in [0.1, 0.15) is 34.7 Å². The van der Waals surface area contributed by atoms with E-state index in [1.165, 1.54) is 27.8 Å². The Morgan fingerprint density at radius 2 is 1.65 bits per heavy atom. The number of hydrogen-bond acceptors (Lipinski definition) is 0. The van der Waals surface area contributed by atoms with E-state index in [1.54, 1.807) is 0 Å². The van der Waals surface area contributed by atoms with Gasteiger partial charge in [0.05, 0.1) is 0 Å². The van der Waals surface area contributed by atoms with Gasteiger partial charge in [-0.25, -0.2) is 0 Å². The highest BCUT2D eigenvalue weighted by Crippen LogP contribution is 2.16. The van der Waals surface area contributed by atoms with Gasteiger partial charge in [0.1, 0.15) is 0 Å². The lowest BCUT2D eigenvalue weighted by Gasteiger charge is -2.07. The van der Waals surface area contributed by atoms with E-state index in [4.69, 9.17) is 0 Å². The van der Waals surface area contributed by atoms with Gasteiger partial charge in [0.2, 0.25) is 0 Å². The first-order valence-electron chi connectivity index (χ1n) is 6.33. The van der Waals surface area contributed by atoms with Crippen LogP contribution in [-0.4, -0.2) is 0 Å². The minimum Gasteiger partial charge on any atom is -0.0617 e. The van der Waals surface area contributed by atoms with Gasteiger partial charge in [0.25, 0.3) is 0 Å². The summed E-state index contributed by atoms with van der Waals surface area (Å²) in [6, 6.07) is 15.6. The molecule has 0 nitrogen and oxygen atoms in total. The molecule has 2 aromatic rings. The predicted molar refractivity (Wildman–Crippen MR) is 74.5 cm³/mol. The summed E-state index contributed by atoms with van der Waals surface area (Å²) in [6.07, 6.45) is 2.16. The maximum absolute atomic E-state index is 2.32. The fourth-order valence-corrected chi connectivity index (χ4v) is 2.32. The molecule has 0 saturated heterocycles. The maximum Gasteiger partial charge on any atom is -0.00256 e. The zero-order chi connectivity index (χ0) is 12.3. The number of aryl methyl sites for hydroxylation is 3. The molecule has 0 bridgehead atoms. The third-order valence-corrected chi connectivity index (χ3v) is 3.28. The highest BCUT2D eigenvalue weighted by Gasteiger charge is 2.00. The molecule has 0 aliphatic rings. The minimum atomic E-state index is 1.03. The van der Waals surface area contributed by atoms with Crippen LogP contribution in [0.5, 0.6) is 0 Å². The summed E-state index contributed by atoms with van der Waals surface area (Å²) in [6.45, 7) is 6.57. The summed E-state index contributed by atoms with van der Waals surface area (Å²) in [4.78, 5) is 0. The van der Waals surface area contributed by atoms with E-state index in [9.17, 15) is 0 Å². The summed E-state index contributed by atoms with van der Waals surface area (Å²) in [5, 5.41) is 0. The number of benzene rings is 2. The van der Waals surface area contributed by atoms with E-state index in [0.717, 1.165) is 12.8 Å². The highest BCUT2D eigenvalue weighted by atomic mass is 14.1. The molecule has 0 spiro atoms. The van der Waals surface area contributed by atoms with Gasteiger partial charge in [-0.15, -0.1) is 0 Å².